The Balaban J connectivity index is 1.99. The zero-order chi connectivity index (χ0) is 10.9. The van der Waals surface area contributed by atoms with Crippen LogP contribution in [0.1, 0.15) is 19.3 Å². The molecule has 0 aromatic heterocycles. The molecule has 1 rings (SSSR count). The predicted octanol–water partition coefficient (Wildman–Crippen LogP) is 0.934. The minimum absolute atomic E-state index is 0.0133. The third kappa shape index (κ3) is 5.47. The van der Waals surface area contributed by atoms with Crippen LogP contribution in [0.3, 0.4) is 0 Å². The van der Waals surface area contributed by atoms with Crippen LogP contribution in [0.15, 0.2) is 0 Å². The zero-order valence-corrected chi connectivity index (χ0v) is 9.61. The number of likely N-dealkylation sites (tertiary alicyclic amines) is 1. The topological polar surface area (TPSA) is 41.6 Å². The van der Waals surface area contributed by atoms with Gasteiger partial charge in [0.2, 0.25) is 0 Å². The molecule has 1 aliphatic heterocycles. The van der Waals surface area contributed by atoms with Crippen LogP contribution < -0.4 is 0 Å². The highest BCUT2D eigenvalue weighted by atomic mass is 16.5. The highest BCUT2D eigenvalue weighted by Gasteiger charge is 2.18. The summed E-state index contributed by atoms with van der Waals surface area (Å²) in [6, 6.07) is 0. The van der Waals surface area contributed by atoms with Gasteiger partial charge in [-0.1, -0.05) is 0 Å². The SMILES string of the molecule is COCCCOC1CCN(CC[O])CC1. The maximum atomic E-state index is 10.4. The summed E-state index contributed by atoms with van der Waals surface area (Å²) in [7, 11) is 1.71. The van der Waals surface area contributed by atoms with Gasteiger partial charge in [0.15, 0.2) is 0 Å². The van der Waals surface area contributed by atoms with E-state index in [0.717, 1.165) is 45.6 Å². The van der Waals surface area contributed by atoms with E-state index in [1.54, 1.807) is 7.11 Å². The van der Waals surface area contributed by atoms with Crippen LogP contribution in [0, 0.1) is 0 Å². The van der Waals surface area contributed by atoms with Crippen molar-refractivity contribution in [1.82, 2.24) is 4.90 Å². The third-order valence-electron chi connectivity index (χ3n) is 2.79. The Morgan fingerprint density at radius 2 is 2.00 bits per heavy atom. The summed E-state index contributed by atoms with van der Waals surface area (Å²) < 4.78 is 10.7. The molecule has 0 aliphatic carbocycles. The molecule has 0 unspecified atom stereocenters. The van der Waals surface area contributed by atoms with E-state index in [-0.39, 0.29) is 6.61 Å². The van der Waals surface area contributed by atoms with E-state index < -0.39 is 0 Å². The first-order chi connectivity index (χ1) is 7.36. The van der Waals surface area contributed by atoms with Crippen molar-refractivity contribution in [2.45, 2.75) is 25.4 Å². The van der Waals surface area contributed by atoms with Gasteiger partial charge in [-0.25, -0.2) is 5.11 Å². The number of rotatable bonds is 7. The van der Waals surface area contributed by atoms with Crippen molar-refractivity contribution in [2.75, 3.05) is 46.6 Å². The lowest BCUT2D eigenvalue weighted by Crippen LogP contribution is -2.38. The van der Waals surface area contributed by atoms with Crippen molar-refractivity contribution in [1.29, 1.82) is 0 Å². The predicted molar refractivity (Wildman–Crippen MR) is 57.5 cm³/mol. The first kappa shape index (κ1) is 12.9. The Morgan fingerprint density at radius 1 is 1.27 bits per heavy atom. The van der Waals surface area contributed by atoms with E-state index in [2.05, 4.69) is 4.90 Å². The van der Waals surface area contributed by atoms with Gasteiger partial charge in [0.05, 0.1) is 12.7 Å². The molecule has 0 aromatic carbocycles. The van der Waals surface area contributed by atoms with E-state index in [4.69, 9.17) is 9.47 Å². The molecule has 0 spiro atoms. The molecule has 0 amide bonds. The Labute approximate surface area is 92.2 Å². The Morgan fingerprint density at radius 3 is 2.60 bits per heavy atom. The highest BCUT2D eigenvalue weighted by molar-refractivity contribution is 4.72. The van der Waals surface area contributed by atoms with Gasteiger partial charge in [0, 0.05) is 40.0 Å². The first-order valence-electron chi connectivity index (χ1n) is 5.78. The minimum Gasteiger partial charge on any atom is -0.385 e. The van der Waals surface area contributed by atoms with Crippen molar-refractivity contribution in [3.05, 3.63) is 0 Å². The zero-order valence-electron chi connectivity index (χ0n) is 9.61. The fourth-order valence-corrected chi connectivity index (χ4v) is 1.88. The molecular formula is C11H22NO3. The summed E-state index contributed by atoms with van der Waals surface area (Å²) >= 11 is 0. The van der Waals surface area contributed by atoms with Gasteiger partial charge in [-0.3, -0.25) is 0 Å². The van der Waals surface area contributed by atoms with Gasteiger partial charge in [-0.2, -0.15) is 0 Å². The maximum Gasteiger partial charge on any atom is 0.0949 e. The molecule has 1 radical (unpaired) electrons. The van der Waals surface area contributed by atoms with Crippen LogP contribution in [0.5, 0.6) is 0 Å². The highest BCUT2D eigenvalue weighted by Crippen LogP contribution is 2.13. The standard InChI is InChI=1S/C11H22NO3/c1-14-9-2-10-15-11-3-5-12(6-4-11)7-8-13/h11H,2-10H2,1H3. The largest absolute Gasteiger partial charge is 0.385 e. The number of ether oxygens (including phenoxy) is 2. The third-order valence-corrected chi connectivity index (χ3v) is 2.79. The molecule has 0 atom stereocenters. The van der Waals surface area contributed by atoms with Gasteiger partial charge >= 0.3 is 0 Å². The fourth-order valence-electron chi connectivity index (χ4n) is 1.88. The Kier molecular flexibility index (Phi) is 6.92. The minimum atomic E-state index is 0.0133. The van der Waals surface area contributed by atoms with Gasteiger partial charge in [-0.05, 0) is 19.3 Å². The average molecular weight is 216 g/mol. The van der Waals surface area contributed by atoms with E-state index in [1.807, 2.05) is 0 Å². The molecule has 1 fully saturated rings. The molecule has 0 saturated carbocycles. The second-order valence-corrected chi connectivity index (χ2v) is 3.96. The quantitative estimate of drug-likeness (QED) is 0.595. The first-order valence-corrected chi connectivity index (χ1v) is 5.78. The number of nitrogens with zero attached hydrogens (tertiary/aromatic N) is 1. The lowest BCUT2D eigenvalue weighted by Gasteiger charge is -2.31. The monoisotopic (exact) mass is 216 g/mol. The van der Waals surface area contributed by atoms with Crippen molar-refractivity contribution in [2.24, 2.45) is 0 Å². The van der Waals surface area contributed by atoms with Crippen LogP contribution in [0.25, 0.3) is 0 Å². The van der Waals surface area contributed by atoms with Crippen LogP contribution in [0.4, 0.5) is 0 Å². The van der Waals surface area contributed by atoms with E-state index in [0.29, 0.717) is 12.6 Å². The summed E-state index contributed by atoms with van der Waals surface area (Å²) in [5.74, 6) is 0. The second-order valence-electron chi connectivity index (χ2n) is 3.96. The molecule has 1 aliphatic rings. The van der Waals surface area contributed by atoms with Crippen LogP contribution in [-0.2, 0) is 14.6 Å². The van der Waals surface area contributed by atoms with Gasteiger partial charge in [0.25, 0.3) is 0 Å². The maximum absolute atomic E-state index is 10.4. The summed E-state index contributed by atoms with van der Waals surface area (Å²) in [6.07, 6.45) is 3.49. The van der Waals surface area contributed by atoms with Gasteiger partial charge in [0.1, 0.15) is 0 Å². The molecule has 4 heteroatoms. The fraction of sp³-hybridized carbons (Fsp3) is 1.00. The molecule has 0 bridgehead atoms. The van der Waals surface area contributed by atoms with Crippen molar-refractivity contribution < 1.29 is 14.6 Å². The lowest BCUT2D eigenvalue weighted by molar-refractivity contribution is -0.00429. The van der Waals surface area contributed by atoms with Crippen molar-refractivity contribution >= 4 is 0 Å². The number of hydrogen-bond donors (Lipinski definition) is 0. The van der Waals surface area contributed by atoms with Crippen molar-refractivity contribution in [3.63, 3.8) is 0 Å². The van der Waals surface area contributed by atoms with Gasteiger partial charge in [-0.15, -0.1) is 0 Å². The summed E-state index contributed by atoms with van der Waals surface area (Å²) in [5, 5.41) is 10.4. The average Bonchev–Trinajstić information content (AvgIpc) is 2.27. The normalized spacial score (nSPS) is 19.6. The second kappa shape index (κ2) is 8.05. The summed E-state index contributed by atoms with van der Waals surface area (Å²) in [4.78, 5) is 2.22. The molecule has 15 heavy (non-hydrogen) atoms. The molecule has 0 aromatic rings. The molecule has 1 saturated heterocycles. The Bertz CT molecular complexity index is 144. The Hall–Kier alpha value is -0.160. The molecule has 1 heterocycles. The lowest BCUT2D eigenvalue weighted by atomic mass is 10.1. The van der Waals surface area contributed by atoms with E-state index in [1.165, 1.54) is 0 Å². The number of piperidine rings is 1. The smallest absolute Gasteiger partial charge is 0.0949 e. The van der Waals surface area contributed by atoms with Crippen LogP contribution in [-0.4, -0.2) is 57.6 Å². The molecule has 0 N–H and O–H groups in total. The van der Waals surface area contributed by atoms with E-state index >= 15 is 0 Å². The molecule has 4 nitrogen and oxygen atoms in total. The van der Waals surface area contributed by atoms with Crippen LogP contribution in [0.2, 0.25) is 0 Å². The summed E-state index contributed by atoms with van der Waals surface area (Å²) in [6.45, 7) is 4.29. The van der Waals surface area contributed by atoms with Crippen LogP contribution >= 0.6 is 0 Å². The van der Waals surface area contributed by atoms with Crippen molar-refractivity contribution in [3.8, 4) is 0 Å². The molecular weight excluding hydrogens is 194 g/mol. The summed E-state index contributed by atoms with van der Waals surface area (Å²) in [5.41, 5.74) is 0. The number of methoxy groups -OCH3 is 1. The van der Waals surface area contributed by atoms with Gasteiger partial charge < -0.3 is 14.4 Å². The number of hydrogen-bond acceptors (Lipinski definition) is 3. The van der Waals surface area contributed by atoms with E-state index in [9.17, 15) is 5.11 Å². The molecule has 89 valence electrons.